The van der Waals surface area contributed by atoms with Crippen LogP contribution >= 0.6 is 0 Å². The second-order valence-electron chi connectivity index (χ2n) is 1.17. The zero-order chi connectivity index (χ0) is 5.98. The van der Waals surface area contributed by atoms with Gasteiger partial charge in [0.1, 0.15) is 6.26 Å². The number of nitrogens with zero attached hydrogens (tertiary/aromatic N) is 2. The molecule has 1 aromatic rings. The van der Waals surface area contributed by atoms with Crippen LogP contribution in [-0.4, -0.2) is 4.98 Å². The van der Waals surface area contributed by atoms with E-state index in [0.717, 1.165) is 0 Å². The quantitative estimate of drug-likeness (QED) is 0.501. The highest BCUT2D eigenvalue weighted by atomic mass is 16.4. The Morgan fingerprint density at radius 2 is 2.62 bits per heavy atom. The fourth-order valence-corrected chi connectivity index (χ4v) is 0.328. The molecule has 0 radical (unpaired) electrons. The molecule has 0 unspecified atom stereocenters. The maximum absolute atomic E-state index is 6.37. The molecule has 0 bridgehead atoms. The molecule has 0 aliphatic heterocycles. The molecule has 4 heteroatoms. The van der Waals surface area contributed by atoms with Crippen molar-refractivity contribution in [2.45, 2.75) is 0 Å². The SMILES string of the molecule is [C-]#[N+]c1nc(N)co1. The molecule has 4 nitrogen and oxygen atoms in total. The van der Waals surface area contributed by atoms with Crippen LogP contribution in [0.2, 0.25) is 0 Å². The van der Waals surface area contributed by atoms with Crippen LogP contribution in [0.1, 0.15) is 0 Å². The van der Waals surface area contributed by atoms with Crippen LogP contribution in [0, 0.1) is 6.57 Å². The summed E-state index contributed by atoms with van der Waals surface area (Å²) in [6.07, 6.45) is 1.23. The standard InChI is InChI=1S/C4H3N3O/c1-6-4-7-3(5)2-8-4/h2H,5H2. The predicted molar refractivity (Wildman–Crippen MR) is 27.2 cm³/mol. The van der Waals surface area contributed by atoms with Crippen LogP contribution in [-0.2, 0) is 0 Å². The van der Waals surface area contributed by atoms with Crippen molar-refractivity contribution < 1.29 is 4.42 Å². The number of hydrogen-bond donors (Lipinski definition) is 1. The first-order valence-corrected chi connectivity index (χ1v) is 1.91. The lowest BCUT2D eigenvalue weighted by molar-refractivity contribution is 0.586. The molecular formula is C4H3N3O. The summed E-state index contributed by atoms with van der Waals surface area (Å²) in [5.41, 5.74) is 5.11. The zero-order valence-electron chi connectivity index (χ0n) is 3.96. The number of nitrogen functional groups attached to an aromatic ring is 1. The van der Waals surface area contributed by atoms with Gasteiger partial charge in [0, 0.05) is 0 Å². The molecule has 0 spiro atoms. The summed E-state index contributed by atoms with van der Waals surface area (Å²) in [7, 11) is 0. The van der Waals surface area contributed by atoms with Gasteiger partial charge < -0.3 is 15.0 Å². The summed E-state index contributed by atoms with van der Waals surface area (Å²) in [4.78, 5) is 6.37. The molecule has 0 amide bonds. The van der Waals surface area contributed by atoms with E-state index in [0.29, 0.717) is 0 Å². The van der Waals surface area contributed by atoms with Crippen LogP contribution in [0.4, 0.5) is 11.8 Å². The first-order chi connectivity index (χ1) is 3.83. The minimum atomic E-state index is -0.0116. The summed E-state index contributed by atoms with van der Waals surface area (Å²) in [6.45, 7) is 6.37. The van der Waals surface area contributed by atoms with E-state index >= 15 is 0 Å². The second-order valence-corrected chi connectivity index (χ2v) is 1.17. The average molecular weight is 109 g/mol. The zero-order valence-corrected chi connectivity index (χ0v) is 3.96. The van der Waals surface area contributed by atoms with E-state index < -0.39 is 0 Å². The van der Waals surface area contributed by atoms with E-state index in [9.17, 15) is 0 Å². The molecule has 0 atom stereocenters. The fourth-order valence-electron chi connectivity index (χ4n) is 0.328. The van der Waals surface area contributed by atoms with E-state index in [1.165, 1.54) is 6.26 Å². The Kier molecular flexibility index (Phi) is 0.897. The predicted octanol–water partition coefficient (Wildman–Crippen LogP) is 0.808. The largest absolute Gasteiger partial charge is 0.465 e. The number of oxazole rings is 1. The van der Waals surface area contributed by atoms with Crippen molar-refractivity contribution >= 4 is 11.8 Å². The topological polar surface area (TPSA) is 56.4 Å². The average Bonchev–Trinajstić information content (AvgIpc) is 2.14. The van der Waals surface area contributed by atoms with Crippen LogP contribution in [0.25, 0.3) is 4.85 Å². The third-order valence-electron chi connectivity index (χ3n) is 0.605. The Balaban J connectivity index is 3.05. The number of rotatable bonds is 0. The van der Waals surface area contributed by atoms with Gasteiger partial charge in [-0.05, 0) is 0 Å². The Labute approximate surface area is 45.8 Å². The van der Waals surface area contributed by atoms with Gasteiger partial charge in [0.25, 0.3) is 5.82 Å². The number of hydrogen-bond acceptors (Lipinski definition) is 3. The third kappa shape index (κ3) is 0.611. The van der Waals surface area contributed by atoms with Crippen LogP contribution in [0.15, 0.2) is 10.7 Å². The molecular weight excluding hydrogens is 106 g/mol. The summed E-state index contributed by atoms with van der Waals surface area (Å²) in [5.74, 6) is 0.246. The first kappa shape index (κ1) is 4.65. The second kappa shape index (κ2) is 1.54. The molecule has 0 aliphatic carbocycles. The van der Waals surface area contributed by atoms with Crippen molar-refractivity contribution in [3.05, 3.63) is 17.7 Å². The van der Waals surface area contributed by atoms with Crippen molar-refractivity contribution in [3.63, 3.8) is 0 Å². The Hall–Kier alpha value is -1.50. The molecule has 2 N–H and O–H groups in total. The molecule has 0 saturated carbocycles. The number of nitrogens with two attached hydrogens (primary N) is 1. The normalized spacial score (nSPS) is 8.38. The van der Waals surface area contributed by atoms with Crippen LogP contribution in [0.3, 0.4) is 0 Å². The molecule has 40 valence electrons. The van der Waals surface area contributed by atoms with Crippen molar-refractivity contribution in [1.29, 1.82) is 0 Å². The monoisotopic (exact) mass is 109 g/mol. The molecule has 0 aliphatic rings. The molecule has 1 rings (SSSR count). The highest BCUT2D eigenvalue weighted by molar-refractivity contribution is 5.32. The lowest BCUT2D eigenvalue weighted by Gasteiger charge is -1.66. The first-order valence-electron chi connectivity index (χ1n) is 1.91. The van der Waals surface area contributed by atoms with E-state index in [-0.39, 0.29) is 11.8 Å². The minimum absolute atomic E-state index is 0.0116. The maximum Gasteiger partial charge on any atom is 0.451 e. The molecule has 0 aromatic carbocycles. The van der Waals surface area contributed by atoms with Gasteiger partial charge in [-0.1, -0.05) is 11.6 Å². The van der Waals surface area contributed by atoms with Gasteiger partial charge in [0.05, 0.1) is 0 Å². The molecule has 8 heavy (non-hydrogen) atoms. The van der Waals surface area contributed by atoms with Gasteiger partial charge in [0.15, 0.2) is 0 Å². The van der Waals surface area contributed by atoms with Gasteiger partial charge in [0.2, 0.25) is 0 Å². The summed E-state index contributed by atoms with van der Waals surface area (Å²) < 4.78 is 4.52. The molecule has 1 aromatic heterocycles. The highest BCUT2D eigenvalue weighted by Gasteiger charge is 1.98. The lowest BCUT2D eigenvalue weighted by Crippen LogP contribution is -1.79. The Morgan fingerprint density at radius 1 is 1.88 bits per heavy atom. The van der Waals surface area contributed by atoms with Crippen LogP contribution < -0.4 is 5.73 Å². The van der Waals surface area contributed by atoms with E-state index in [1.54, 1.807) is 0 Å². The molecule has 0 saturated heterocycles. The van der Waals surface area contributed by atoms with Crippen molar-refractivity contribution in [1.82, 2.24) is 4.98 Å². The van der Waals surface area contributed by atoms with Crippen molar-refractivity contribution in [2.24, 2.45) is 0 Å². The van der Waals surface area contributed by atoms with Crippen molar-refractivity contribution in [3.8, 4) is 0 Å². The lowest BCUT2D eigenvalue weighted by atomic mass is 10.8. The Bertz CT molecular complexity index is 221. The van der Waals surface area contributed by atoms with Gasteiger partial charge in [-0.15, -0.1) is 0 Å². The summed E-state index contributed by atoms with van der Waals surface area (Å²) >= 11 is 0. The molecule has 1 heterocycles. The smallest absolute Gasteiger partial charge is 0.451 e. The number of aromatic nitrogens is 1. The van der Waals surface area contributed by atoms with Gasteiger partial charge in [-0.2, -0.15) is 0 Å². The van der Waals surface area contributed by atoms with E-state index in [2.05, 4.69) is 14.2 Å². The minimum Gasteiger partial charge on any atom is -0.465 e. The van der Waals surface area contributed by atoms with Gasteiger partial charge in [-0.3, -0.25) is 0 Å². The third-order valence-corrected chi connectivity index (χ3v) is 0.605. The van der Waals surface area contributed by atoms with Crippen LogP contribution in [0.5, 0.6) is 0 Å². The summed E-state index contributed by atoms with van der Waals surface area (Å²) in [6, 6.07) is -0.0116. The fraction of sp³-hybridized carbons (Fsp3) is 0. The van der Waals surface area contributed by atoms with E-state index in [1.807, 2.05) is 0 Å². The maximum atomic E-state index is 6.37. The number of anilines is 1. The molecule has 0 fully saturated rings. The van der Waals surface area contributed by atoms with Gasteiger partial charge >= 0.3 is 6.01 Å². The summed E-state index contributed by atoms with van der Waals surface area (Å²) in [5, 5.41) is 0. The Morgan fingerprint density at radius 3 is 2.88 bits per heavy atom. The van der Waals surface area contributed by atoms with Gasteiger partial charge in [-0.25, -0.2) is 0 Å². The van der Waals surface area contributed by atoms with Crippen molar-refractivity contribution in [2.75, 3.05) is 5.73 Å². The van der Waals surface area contributed by atoms with E-state index in [4.69, 9.17) is 12.3 Å². The highest BCUT2D eigenvalue weighted by Crippen LogP contribution is 2.10.